The largest absolute Gasteiger partial charge is 0.507 e. The van der Waals surface area contributed by atoms with E-state index < -0.39 is 17.7 Å². The summed E-state index contributed by atoms with van der Waals surface area (Å²) in [6.45, 7) is 1.94. The molecule has 3 aromatic rings. The molecule has 1 aliphatic heterocycles. The summed E-state index contributed by atoms with van der Waals surface area (Å²) in [6.07, 6.45) is 3.24. The molecule has 1 saturated heterocycles. The Morgan fingerprint density at radius 3 is 2.58 bits per heavy atom. The highest BCUT2D eigenvalue weighted by molar-refractivity contribution is 6.47. The van der Waals surface area contributed by atoms with Crippen molar-refractivity contribution in [3.8, 4) is 5.75 Å². The average molecular weight is 483 g/mol. The number of Topliss-reactive ketones (excluding diaryl/α,β-unsaturated/α-hetero) is 1. The SMILES string of the molecule is COc1ccc(/C(O)=C2\C(=O)C(=O)N(Cc3cccnc3)[C@@H]2c2ccc(Cl)cc2Cl)cc1C. The Balaban J connectivity index is 1.90. The Bertz CT molecular complexity index is 1270. The van der Waals surface area contributed by atoms with Crippen molar-refractivity contribution in [1.29, 1.82) is 0 Å². The van der Waals surface area contributed by atoms with E-state index in [0.717, 1.165) is 11.1 Å². The van der Waals surface area contributed by atoms with Gasteiger partial charge in [-0.15, -0.1) is 0 Å². The molecule has 1 aliphatic rings. The summed E-state index contributed by atoms with van der Waals surface area (Å²) >= 11 is 12.6. The van der Waals surface area contributed by atoms with Gasteiger partial charge in [-0.25, -0.2) is 0 Å². The van der Waals surface area contributed by atoms with Crippen LogP contribution in [0, 0.1) is 6.92 Å². The number of aliphatic hydroxyl groups excluding tert-OH is 1. The van der Waals surface area contributed by atoms with Crippen LogP contribution in [-0.4, -0.2) is 33.8 Å². The number of carbonyl (C=O) groups is 2. The third-order valence-electron chi connectivity index (χ3n) is 5.54. The number of benzene rings is 2. The van der Waals surface area contributed by atoms with Gasteiger partial charge in [-0.1, -0.05) is 35.3 Å². The van der Waals surface area contributed by atoms with E-state index in [1.54, 1.807) is 68.0 Å². The monoisotopic (exact) mass is 482 g/mol. The number of likely N-dealkylation sites (tertiary alicyclic amines) is 1. The summed E-state index contributed by atoms with van der Waals surface area (Å²) in [6, 6.07) is 12.5. The first-order valence-corrected chi connectivity index (χ1v) is 10.8. The number of ketones is 1. The Labute approximate surface area is 201 Å². The topological polar surface area (TPSA) is 79.7 Å². The third kappa shape index (κ3) is 4.32. The molecule has 0 bridgehead atoms. The minimum absolute atomic E-state index is 0.0438. The van der Waals surface area contributed by atoms with Crippen LogP contribution in [0.1, 0.15) is 28.3 Å². The number of methoxy groups -OCH3 is 1. The Morgan fingerprint density at radius 1 is 1.15 bits per heavy atom. The molecule has 2 heterocycles. The molecule has 33 heavy (non-hydrogen) atoms. The predicted molar refractivity (Wildman–Crippen MR) is 126 cm³/mol. The maximum atomic E-state index is 13.2. The summed E-state index contributed by atoms with van der Waals surface area (Å²) in [7, 11) is 1.55. The lowest BCUT2D eigenvalue weighted by Gasteiger charge is -2.26. The Morgan fingerprint density at radius 2 is 1.94 bits per heavy atom. The predicted octanol–water partition coefficient (Wildman–Crippen LogP) is 5.33. The highest BCUT2D eigenvalue weighted by Gasteiger charge is 2.46. The van der Waals surface area contributed by atoms with Crippen LogP contribution in [0.3, 0.4) is 0 Å². The van der Waals surface area contributed by atoms with Crippen LogP contribution in [0.5, 0.6) is 5.75 Å². The number of aliphatic hydroxyl groups is 1. The zero-order valence-corrected chi connectivity index (χ0v) is 19.4. The molecule has 0 saturated carbocycles. The lowest BCUT2D eigenvalue weighted by molar-refractivity contribution is -0.140. The van der Waals surface area contributed by atoms with Gasteiger partial charge in [0.15, 0.2) is 0 Å². The number of aromatic nitrogens is 1. The van der Waals surface area contributed by atoms with E-state index in [4.69, 9.17) is 27.9 Å². The van der Waals surface area contributed by atoms with Gasteiger partial charge in [0.25, 0.3) is 11.7 Å². The molecule has 2 aromatic carbocycles. The summed E-state index contributed by atoms with van der Waals surface area (Å²) in [5.74, 6) is -1.17. The fraction of sp³-hybridized carbons (Fsp3) is 0.160. The van der Waals surface area contributed by atoms with Crippen LogP contribution < -0.4 is 4.74 Å². The molecule has 4 rings (SSSR count). The molecule has 0 spiro atoms. The zero-order valence-electron chi connectivity index (χ0n) is 17.9. The molecule has 1 fully saturated rings. The number of rotatable bonds is 5. The number of hydrogen-bond acceptors (Lipinski definition) is 5. The van der Waals surface area contributed by atoms with Crippen molar-refractivity contribution >= 4 is 40.7 Å². The van der Waals surface area contributed by atoms with Gasteiger partial charge >= 0.3 is 0 Å². The molecule has 1 atom stereocenters. The molecule has 0 aliphatic carbocycles. The number of halogens is 2. The Kier molecular flexibility index (Phi) is 6.40. The van der Waals surface area contributed by atoms with Crippen molar-refractivity contribution in [1.82, 2.24) is 9.88 Å². The summed E-state index contributed by atoms with van der Waals surface area (Å²) in [5.41, 5.74) is 2.33. The molecule has 0 unspecified atom stereocenters. The fourth-order valence-corrected chi connectivity index (χ4v) is 4.47. The van der Waals surface area contributed by atoms with Gasteiger partial charge in [-0.3, -0.25) is 14.6 Å². The maximum Gasteiger partial charge on any atom is 0.295 e. The molecule has 1 aromatic heterocycles. The van der Waals surface area contributed by atoms with E-state index in [1.807, 2.05) is 6.92 Å². The van der Waals surface area contributed by atoms with Crippen molar-refractivity contribution in [2.75, 3.05) is 7.11 Å². The first kappa shape index (κ1) is 22.8. The number of hydrogen-bond donors (Lipinski definition) is 1. The van der Waals surface area contributed by atoms with Crippen LogP contribution >= 0.6 is 23.2 Å². The number of aryl methyl sites for hydroxylation is 1. The first-order chi connectivity index (χ1) is 15.8. The van der Waals surface area contributed by atoms with Crippen LogP contribution in [-0.2, 0) is 16.1 Å². The fourth-order valence-electron chi connectivity index (χ4n) is 3.96. The minimum atomic E-state index is -0.905. The standard InChI is InChI=1S/C25H20Cl2N2O4/c1-14-10-16(5-8-20(14)33-2)23(30)21-22(18-7-6-17(26)11-19(18)27)29(25(32)24(21)31)13-15-4-3-9-28-12-15/h3-12,22,30H,13H2,1-2H3/b23-21+/t22-/m1/s1. The van der Waals surface area contributed by atoms with E-state index in [1.165, 1.54) is 4.90 Å². The minimum Gasteiger partial charge on any atom is -0.507 e. The zero-order chi connectivity index (χ0) is 23.7. The number of amides is 1. The molecule has 1 N–H and O–H groups in total. The second-order valence-corrected chi connectivity index (χ2v) is 8.48. The van der Waals surface area contributed by atoms with Gasteiger partial charge in [-0.2, -0.15) is 0 Å². The average Bonchev–Trinajstić information content (AvgIpc) is 3.04. The van der Waals surface area contributed by atoms with Crippen LogP contribution in [0.4, 0.5) is 0 Å². The molecule has 168 valence electrons. The Hall–Kier alpha value is -3.35. The van der Waals surface area contributed by atoms with Crippen molar-refractivity contribution in [2.45, 2.75) is 19.5 Å². The number of ether oxygens (including phenoxy) is 1. The summed E-state index contributed by atoms with van der Waals surface area (Å²) in [5, 5.41) is 11.9. The van der Waals surface area contributed by atoms with Crippen LogP contribution in [0.25, 0.3) is 5.76 Å². The van der Waals surface area contributed by atoms with Crippen molar-refractivity contribution in [3.05, 3.63) is 98.8 Å². The van der Waals surface area contributed by atoms with Crippen molar-refractivity contribution in [3.63, 3.8) is 0 Å². The molecule has 0 radical (unpaired) electrons. The lowest BCUT2D eigenvalue weighted by atomic mass is 9.94. The number of carbonyl (C=O) groups excluding carboxylic acids is 2. The highest BCUT2D eigenvalue weighted by Crippen LogP contribution is 2.43. The van der Waals surface area contributed by atoms with Gasteiger partial charge in [-0.05, 0) is 60.0 Å². The lowest BCUT2D eigenvalue weighted by Crippen LogP contribution is -2.29. The van der Waals surface area contributed by atoms with Crippen molar-refractivity contribution < 1.29 is 19.4 Å². The molecular weight excluding hydrogens is 463 g/mol. The van der Waals surface area contributed by atoms with E-state index in [2.05, 4.69) is 4.98 Å². The molecule has 8 heteroatoms. The second kappa shape index (κ2) is 9.25. The van der Waals surface area contributed by atoms with Gasteiger partial charge in [0, 0.05) is 34.5 Å². The quantitative estimate of drug-likeness (QED) is 0.302. The highest BCUT2D eigenvalue weighted by atomic mass is 35.5. The van der Waals surface area contributed by atoms with Gasteiger partial charge in [0.05, 0.1) is 18.7 Å². The second-order valence-electron chi connectivity index (χ2n) is 7.64. The van der Waals surface area contributed by atoms with Crippen LogP contribution in [0.15, 0.2) is 66.5 Å². The number of nitrogens with zero attached hydrogens (tertiary/aromatic N) is 2. The molecule has 6 nitrogen and oxygen atoms in total. The smallest absolute Gasteiger partial charge is 0.295 e. The van der Waals surface area contributed by atoms with Gasteiger partial charge < -0.3 is 14.7 Å². The molecule has 1 amide bonds. The maximum absolute atomic E-state index is 13.2. The van der Waals surface area contributed by atoms with E-state index in [-0.39, 0.29) is 22.9 Å². The van der Waals surface area contributed by atoms with Crippen LogP contribution in [0.2, 0.25) is 10.0 Å². The van der Waals surface area contributed by atoms with Gasteiger partial charge in [0.2, 0.25) is 0 Å². The van der Waals surface area contributed by atoms with Crippen molar-refractivity contribution in [2.24, 2.45) is 0 Å². The number of pyridine rings is 1. The van der Waals surface area contributed by atoms with E-state index in [0.29, 0.717) is 21.9 Å². The molecular formula is C25H20Cl2N2O4. The summed E-state index contributed by atoms with van der Waals surface area (Å²) < 4.78 is 5.28. The normalized spacial score (nSPS) is 17.5. The summed E-state index contributed by atoms with van der Waals surface area (Å²) in [4.78, 5) is 31.8. The third-order valence-corrected chi connectivity index (χ3v) is 6.10. The van der Waals surface area contributed by atoms with E-state index in [9.17, 15) is 14.7 Å². The van der Waals surface area contributed by atoms with Gasteiger partial charge in [0.1, 0.15) is 11.5 Å². The van der Waals surface area contributed by atoms with E-state index >= 15 is 0 Å². The first-order valence-electron chi connectivity index (χ1n) is 10.1.